The van der Waals surface area contributed by atoms with E-state index in [-0.39, 0.29) is 12.4 Å². The second-order valence-electron chi connectivity index (χ2n) is 6.16. The number of ether oxygens (including phenoxy) is 1. The van der Waals surface area contributed by atoms with Crippen molar-refractivity contribution in [2.75, 3.05) is 26.3 Å². The first-order valence-electron chi connectivity index (χ1n) is 8.05. The van der Waals surface area contributed by atoms with E-state index in [4.69, 9.17) is 9.72 Å². The first-order chi connectivity index (χ1) is 10.4. The van der Waals surface area contributed by atoms with E-state index in [1.54, 1.807) is 0 Å². The zero-order valence-corrected chi connectivity index (χ0v) is 13.5. The van der Waals surface area contributed by atoms with Gasteiger partial charge in [-0.1, -0.05) is 0 Å². The zero-order chi connectivity index (χ0) is 14.1. The van der Waals surface area contributed by atoms with E-state index >= 15 is 0 Å². The Hall–Kier alpha value is -1.17. The number of fused-ring (bicyclic) bond motifs is 1. The number of hydrogen-bond acceptors (Lipinski definition) is 4. The summed E-state index contributed by atoms with van der Waals surface area (Å²) in [5.74, 6) is 2.07. The molecule has 0 spiro atoms. The van der Waals surface area contributed by atoms with E-state index in [1.807, 2.05) is 6.20 Å². The summed E-state index contributed by atoms with van der Waals surface area (Å²) in [6, 6.07) is 2.16. The fraction of sp³-hybridized carbons (Fsp3) is 0.625. The minimum atomic E-state index is 0. The molecule has 1 unspecified atom stereocenters. The standard InChI is InChI=1S/C16H22N4O.ClH/c1-2-12(10-21-9-1)15-19-14-13(5-8-18-16(14)20-15)11-3-6-17-7-4-11;/h5,8,11-12,17H,1-4,6-7,9-10H2,(H,18,19,20);1H. The molecule has 4 heterocycles. The van der Waals surface area contributed by atoms with Crippen molar-refractivity contribution in [3.8, 4) is 0 Å². The van der Waals surface area contributed by atoms with Crippen LogP contribution in [0.2, 0.25) is 0 Å². The summed E-state index contributed by atoms with van der Waals surface area (Å²) >= 11 is 0. The lowest BCUT2D eigenvalue weighted by Crippen LogP contribution is -2.26. The van der Waals surface area contributed by atoms with Crippen LogP contribution in [-0.4, -0.2) is 41.3 Å². The molecule has 0 radical (unpaired) electrons. The molecular formula is C16H23ClN4O. The van der Waals surface area contributed by atoms with Gasteiger partial charge in [-0.3, -0.25) is 0 Å². The molecule has 2 aliphatic rings. The molecule has 2 aromatic heterocycles. The number of nitrogens with one attached hydrogen (secondary N) is 2. The molecule has 2 N–H and O–H groups in total. The highest BCUT2D eigenvalue weighted by atomic mass is 35.5. The Kier molecular flexibility index (Phi) is 4.96. The summed E-state index contributed by atoms with van der Waals surface area (Å²) in [6.45, 7) is 3.87. The van der Waals surface area contributed by atoms with Crippen molar-refractivity contribution >= 4 is 23.6 Å². The lowest BCUT2D eigenvalue weighted by Gasteiger charge is -2.23. The lowest BCUT2D eigenvalue weighted by atomic mass is 9.90. The highest BCUT2D eigenvalue weighted by Gasteiger charge is 2.23. The van der Waals surface area contributed by atoms with Crippen LogP contribution in [0, 0.1) is 0 Å². The van der Waals surface area contributed by atoms with Gasteiger partial charge in [0, 0.05) is 18.7 Å². The number of rotatable bonds is 2. The van der Waals surface area contributed by atoms with Crippen molar-refractivity contribution in [2.45, 2.75) is 37.5 Å². The number of halogens is 1. The molecule has 1 atom stereocenters. The fourth-order valence-electron chi connectivity index (χ4n) is 3.57. The molecule has 120 valence electrons. The van der Waals surface area contributed by atoms with Crippen LogP contribution in [0.1, 0.15) is 48.9 Å². The monoisotopic (exact) mass is 322 g/mol. The van der Waals surface area contributed by atoms with Gasteiger partial charge in [0.1, 0.15) is 5.82 Å². The summed E-state index contributed by atoms with van der Waals surface area (Å²) in [5, 5.41) is 3.43. The van der Waals surface area contributed by atoms with Crippen molar-refractivity contribution in [3.05, 3.63) is 23.7 Å². The minimum absolute atomic E-state index is 0. The number of nitrogens with zero attached hydrogens (tertiary/aromatic N) is 2. The molecule has 0 amide bonds. The van der Waals surface area contributed by atoms with Gasteiger partial charge in [-0.15, -0.1) is 12.4 Å². The number of imidazole rings is 1. The summed E-state index contributed by atoms with van der Waals surface area (Å²) in [4.78, 5) is 12.7. The molecule has 2 aliphatic heterocycles. The van der Waals surface area contributed by atoms with Crippen molar-refractivity contribution in [2.24, 2.45) is 0 Å². The van der Waals surface area contributed by atoms with Crippen molar-refractivity contribution in [1.82, 2.24) is 20.3 Å². The number of aromatic nitrogens is 3. The first-order valence-corrected chi connectivity index (χ1v) is 8.05. The summed E-state index contributed by atoms with van der Waals surface area (Å²) < 4.78 is 5.59. The quantitative estimate of drug-likeness (QED) is 0.892. The molecule has 0 saturated carbocycles. The number of pyridine rings is 1. The van der Waals surface area contributed by atoms with E-state index < -0.39 is 0 Å². The number of aromatic amines is 1. The molecule has 6 heteroatoms. The van der Waals surface area contributed by atoms with Gasteiger partial charge >= 0.3 is 0 Å². The molecular weight excluding hydrogens is 300 g/mol. The van der Waals surface area contributed by atoms with Crippen LogP contribution in [-0.2, 0) is 4.74 Å². The molecule has 2 aromatic rings. The van der Waals surface area contributed by atoms with Gasteiger partial charge in [-0.05, 0) is 56.3 Å². The Morgan fingerprint density at radius 1 is 1.14 bits per heavy atom. The lowest BCUT2D eigenvalue weighted by molar-refractivity contribution is 0.0784. The Balaban J connectivity index is 0.00000144. The second kappa shape index (κ2) is 6.94. The molecule has 0 aromatic carbocycles. The highest BCUT2D eigenvalue weighted by molar-refractivity contribution is 5.85. The molecule has 4 rings (SSSR count). The zero-order valence-electron chi connectivity index (χ0n) is 12.7. The van der Waals surface area contributed by atoms with Gasteiger partial charge in [0.2, 0.25) is 0 Å². The number of H-pyrrole nitrogens is 1. The average Bonchev–Trinajstić information content (AvgIpc) is 3.00. The molecule has 2 fully saturated rings. The maximum absolute atomic E-state index is 5.59. The van der Waals surface area contributed by atoms with E-state index in [0.29, 0.717) is 11.8 Å². The van der Waals surface area contributed by atoms with Crippen molar-refractivity contribution < 1.29 is 4.74 Å². The molecule has 2 saturated heterocycles. The summed E-state index contributed by atoms with van der Waals surface area (Å²) in [6.07, 6.45) is 6.57. The van der Waals surface area contributed by atoms with Gasteiger partial charge < -0.3 is 15.0 Å². The topological polar surface area (TPSA) is 62.8 Å². The normalized spacial score (nSPS) is 23.4. The Morgan fingerprint density at radius 3 is 2.77 bits per heavy atom. The van der Waals surface area contributed by atoms with E-state index in [1.165, 1.54) is 18.4 Å². The Labute approximate surface area is 136 Å². The maximum atomic E-state index is 5.59. The smallest absolute Gasteiger partial charge is 0.177 e. The van der Waals surface area contributed by atoms with Crippen LogP contribution in [0.5, 0.6) is 0 Å². The van der Waals surface area contributed by atoms with Crippen LogP contribution in [0.4, 0.5) is 0 Å². The van der Waals surface area contributed by atoms with Gasteiger partial charge in [0.25, 0.3) is 0 Å². The van der Waals surface area contributed by atoms with Gasteiger partial charge in [0.05, 0.1) is 12.1 Å². The third kappa shape index (κ3) is 2.98. The Bertz CT molecular complexity index is 618. The predicted octanol–water partition coefficient (Wildman–Crippen LogP) is 2.74. The SMILES string of the molecule is Cl.c1cc(C2CCNCC2)c2[nH]c(C3CCCOC3)nc2n1. The van der Waals surface area contributed by atoms with Crippen molar-refractivity contribution in [1.29, 1.82) is 0 Å². The third-order valence-corrected chi connectivity index (χ3v) is 4.77. The molecule has 22 heavy (non-hydrogen) atoms. The third-order valence-electron chi connectivity index (χ3n) is 4.77. The Morgan fingerprint density at radius 2 is 2.00 bits per heavy atom. The minimum Gasteiger partial charge on any atom is -0.381 e. The van der Waals surface area contributed by atoms with Gasteiger partial charge in [-0.2, -0.15) is 0 Å². The van der Waals surface area contributed by atoms with Crippen LogP contribution >= 0.6 is 12.4 Å². The number of hydrogen-bond donors (Lipinski definition) is 2. The van der Waals surface area contributed by atoms with E-state index in [2.05, 4.69) is 21.4 Å². The number of piperidine rings is 1. The molecule has 5 nitrogen and oxygen atoms in total. The summed E-state index contributed by atoms with van der Waals surface area (Å²) in [5.41, 5.74) is 3.40. The fourth-order valence-corrected chi connectivity index (χ4v) is 3.57. The van der Waals surface area contributed by atoms with E-state index in [9.17, 15) is 0 Å². The first kappa shape index (κ1) is 15.7. The average molecular weight is 323 g/mol. The summed E-state index contributed by atoms with van der Waals surface area (Å²) in [7, 11) is 0. The van der Waals surface area contributed by atoms with Gasteiger partial charge in [0.15, 0.2) is 5.65 Å². The van der Waals surface area contributed by atoms with Crippen LogP contribution in [0.3, 0.4) is 0 Å². The van der Waals surface area contributed by atoms with Crippen LogP contribution in [0.25, 0.3) is 11.2 Å². The van der Waals surface area contributed by atoms with Crippen LogP contribution in [0.15, 0.2) is 12.3 Å². The van der Waals surface area contributed by atoms with Crippen LogP contribution < -0.4 is 5.32 Å². The molecule has 0 bridgehead atoms. The predicted molar refractivity (Wildman–Crippen MR) is 88.8 cm³/mol. The molecule has 0 aliphatic carbocycles. The highest BCUT2D eigenvalue weighted by Crippen LogP contribution is 2.31. The van der Waals surface area contributed by atoms with Crippen molar-refractivity contribution in [3.63, 3.8) is 0 Å². The second-order valence-corrected chi connectivity index (χ2v) is 6.16. The maximum Gasteiger partial charge on any atom is 0.177 e. The van der Waals surface area contributed by atoms with E-state index in [0.717, 1.165) is 56.1 Å². The van der Waals surface area contributed by atoms with Gasteiger partial charge in [-0.25, -0.2) is 9.97 Å². The largest absolute Gasteiger partial charge is 0.381 e.